The summed E-state index contributed by atoms with van der Waals surface area (Å²) in [5.41, 5.74) is 3.89. The summed E-state index contributed by atoms with van der Waals surface area (Å²) >= 11 is 0. The van der Waals surface area contributed by atoms with Gasteiger partial charge in [0.25, 0.3) is 0 Å². The van der Waals surface area contributed by atoms with E-state index < -0.39 is 11.4 Å². The Morgan fingerprint density at radius 3 is 2.60 bits per heavy atom. The van der Waals surface area contributed by atoms with Crippen molar-refractivity contribution in [3.63, 3.8) is 0 Å². The zero-order valence-corrected chi connectivity index (χ0v) is 6.18. The van der Waals surface area contributed by atoms with Crippen molar-refractivity contribution < 1.29 is 9.59 Å². The van der Waals surface area contributed by atoms with Crippen molar-refractivity contribution in [3.8, 4) is 0 Å². The highest BCUT2D eigenvalue weighted by molar-refractivity contribution is 6.00. The smallest absolute Gasteiger partial charge is 0.247 e. The number of rotatable bonds is 3. The minimum Gasteiger partial charge on any atom is -0.354 e. The van der Waals surface area contributed by atoms with Gasteiger partial charge in [-0.3, -0.25) is 4.79 Å². The summed E-state index contributed by atoms with van der Waals surface area (Å²) in [5, 5.41) is 2.44. The van der Waals surface area contributed by atoms with E-state index in [4.69, 9.17) is 5.73 Å². The SMILES string of the molecule is CCNC(=O)[C@@](C)(N)C=O. The van der Waals surface area contributed by atoms with Crippen LogP contribution in [0.3, 0.4) is 0 Å². The maximum absolute atomic E-state index is 10.8. The molecule has 0 bridgehead atoms. The molecule has 0 aliphatic rings. The molecule has 4 heteroatoms. The van der Waals surface area contributed by atoms with E-state index in [0.717, 1.165) is 0 Å². The molecule has 0 aliphatic heterocycles. The molecule has 0 saturated carbocycles. The van der Waals surface area contributed by atoms with Crippen LogP contribution in [0.25, 0.3) is 0 Å². The molecule has 4 nitrogen and oxygen atoms in total. The van der Waals surface area contributed by atoms with Gasteiger partial charge in [-0.2, -0.15) is 0 Å². The fraction of sp³-hybridized carbons (Fsp3) is 0.667. The summed E-state index contributed by atoms with van der Waals surface area (Å²) in [4.78, 5) is 21.0. The summed E-state index contributed by atoms with van der Waals surface area (Å²) in [7, 11) is 0. The van der Waals surface area contributed by atoms with Gasteiger partial charge in [-0.1, -0.05) is 0 Å². The van der Waals surface area contributed by atoms with Crippen LogP contribution in [0, 0.1) is 0 Å². The molecule has 10 heavy (non-hydrogen) atoms. The van der Waals surface area contributed by atoms with Crippen LogP contribution in [-0.2, 0) is 9.59 Å². The lowest BCUT2D eigenvalue weighted by Crippen LogP contribution is -2.52. The van der Waals surface area contributed by atoms with Crippen molar-refractivity contribution in [2.75, 3.05) is 6.54 Å². The second kappa shape index (κ2) is 3.31. The third-order valence-electron chi connectivity index (χ3n) is 1.07. The molecule has 1 amide bonds. The Morgan fingerprint density at radius 2 is 2.30 bits per heavy atom. The van der Waals surface area contributed by atoms with Crippen LogP contribution < -0.4 is 11.1 Å². The summed E-state index contributed by atoms with van der Waals surface area (Å²) < 4.78 is 0. The van der Waals surface area contributed by atoms with Crippen molar-refractivity contribution in [3.05, 3.63) is 0 Å². The Morgan fingerprint density at radius 1 is 1.80 bits per heavy atom. The van der Waals surface area contributed by atoms with Gasteiger partial charge in [0.1, 0.15) is 11.8 Å². The van der Waals surface area contributed by atoms with E-state index in [1.165, 1.54) is 6.92 Å². The molecule has 0 aliphatic carbocycles. The zero-order valence-electron chi connectivity index (χ0n) is 6.18. The lowest BCUT2D eigenvalue weighted by molar-refractivity contribution is -0.129. The highest BCUT2D eigenvalue weighted by Crippen LogP contribution is 1.91. The van der Waals surface area contributed by atoms with E-state index in [0.29, 0.717) is 12.8 Å². The Balaban J connectivity index is 4.04. The van der Waals surface area contributed by atoms with Crippen molar-refractivity contribution in [2.45, 2.75) is 19.4 Å². The first-order valence-corrected chi connectivity index (χ1v) is 3.08. The van der Waals surface area contributed by atoms with E-state index in [1.807, 2.05) is 0 Å². The van der Waals surface area contributed by atoms with Gasteiger partial charge in [0.15, 0.2) is 0 Å². The molecule has 58 valence electrons. The molecule has 0 unspecified atom stereocenters. The Labute approximate surface area is 59.8 Å². The molecule has 0 saturated heterocycles. The lowest BCUT2D eigenvalue weighted by Gasteiger charge is -2.14. The molecule has 0 spiro atoms. The quantitative estimate of drug-likeness (QED) is 0.396. The molecule has 0 heterocycles. The van der Waals surface area contributed by atoms with E-state index >= 15 is 0 Å². The van der Waals surface area contributed by atoms with Gasteiger partial charge >= 0.3 is 0 Å². The number of aldehydes is 1. The van der Waals surface area contributed by atoms with Crippen molar-refractivity contribution in [2.24, 2.45) is 5.73 Å². The Kier molecular flexibility index (Phi) is 3.02. The zero-order chi connectivity index (χ0) is 8.20. The average Bonchev–Trinajstić information content (AvgIpc) is 1.89. The third-order valence-corrected chi connectivity index (χ3v) is 1.07. The van der Waals surface area contributed by atoms with E-state index in [2.05, 4.69) is 5.32 Å². The third kappa shape index (κ3) is 2.14. The summed E-state index contributed by atoms with van der Waals surface area (Å²) in [6.45, 7) is 3.61. The van der Waals surface area contributed by atoms with Gasteiger partial charge < -0.3 is 15.8 Å². The molecule has 0 aromatic heterocycles. The fourth-order valence-electron chi connectivity index (χ4n) is 0.405. The first-order valence-electron chi connectivity index (χ1n) is 3.08. The van der Waals surface area contributed by atoms with Gasteiger partial charge in [-0.05, 0) is 13.8 Å². The summed E-state index contributed by atoms with van der Waals surface area (Å²) in [6.07, 6.45) is 0.429. The number of carbonyl (C=O) groups is 2. The van der Waals surface area contributed by atoms with Crippen molar-refractivity contribution >= 4 is 12.2 Å². The van der Waals surface area contributed by atoms with Gasteiger partial charge in [0.05, 0.1) is 0 Å². The summed E-state index contributed by atoms with van der Waals surface area (Å²) in [5.74, 6) is -0.440. The topological polar surface area (TPSA) is 72.2 Å². The number of amides is 1. The Bertz CT molecular complexity index is 143. The Hall–Kier alpha value is -0.900. The van der Waals surface area contributed by atoms with Crippen LogP contribution in [0.15, 0.2) is 0 Å². The molecule has 0 fully saturated rings. The van der Waals surface area contributed by atoms with Crippen LogP contribution in [0.1, 0.15) is 13.8 Å². The molecule has 1 atom stereocenters. The molecular formula is C6H12N2O2. The van der Waals surface area contributed by atoms with Crippen LogP contribution in [0.4, 0.5) is 0 Å². The fourth-order valence-corrected chi connectivity index (χ4v) is 0.405. The number of nitrogens with two attached hydrogens (primary N) is 1. The number of hydrogen-bond donors (Lipinski definition) is 2. The number of hydrogen-bond acceptors (Lipinski definition) is 3. The highest BCUT2D eigenvalue weighted by Gasteiger charge is 2.26. The van der Waals surface area contributed by atoms with Gasteiger partial charge in [-0.15, -0.1) is 0 Å². The minimum absolute atomic E-state index is 0.429. The molecular weight excluding hydrogens is 132 g/mol. The van der Waals surface area contributed by atoms with Crippen LogP contribution in [-0.4, -0.2) is 24.3 Å². The van der Waals surface area contributed by atoms with Crippen LogP contribution in [0.5, 0.6) is 0 Å². The summed E-state index contributed by atoms with van der Waals surface area (Å²) in [6, 6.07) is 0. The monoisotopic (exact) mass is 144 g/mol. The van der Waals surface area contributed by atoms with Crippen LogP contribution in [0.2, 0.25) is 0 Å². The first kappa shape index (κ1) is 9.10. The van der Waals surface area contributed by atoms with Gasteiger partial charge in [0.2, 0.25) is 5.91 Å². The predicted octanol–water partition coefficient (Wildman–Crippen LogP) is -0.961. The highest BCUT2D eigenvalue weighted by atomic mass is 16.2. The van der Waals surface area contributed by atoms with Crippen molar-refractivity contribution in [1.82, 2.24) is 5.32 Å². The van der Waals surface area contributed by atoms with E-state index in [-0.39, 0.29) is 0 Å². The second-order valence-corrected chi connectivity index (χ2v) is 2.26. The van der Waals surface area contributed by atoms with Gasteiger partial charge in [0, 0.05) is 6.54 Å². The first-order chi connectivity index (χ1) is 4.54. The largest absolute Gasteiger partial charge is 0.354 e. The minimum atomic E-state index is -1.38. The van der Waals surface area contributed by atoms with Gasteiger partial charge in [-0.25, -0.2) is 0 Å². The lowest BCUT2D eigenvalue weighted by atomic mass is 10.1. The molecule has 0 aromatic rings. The maximum Gasteiger partial charge on any atom is 0.247 e. The normalized spacial score (nSPS) is 15.5. The van der Waals surface area contributed by atoms with Crippen molar-refractivity contribution in [1.29, 1.82) is 0 Å². The number of likely N-dealkylation sites (N-methyl/N-ethyl adjacent to an activating group) is 1. The van der Waals surface area contributed by atoms with E-state index in [1.54, 1.807) is 6.92 Å². The predicted molar refractivity (Wildman–Crippen MR) is 37.3 cm³/mol. The second-order valence-electron chi connectivity index (χ2n) is 2.26. The molecule has 0 radical (unpaired) electrons. The number of carbonyl (C=O) groups excluding carboxylic acids is 2. The number of nitrogens with one attached hydrogen (secondary N) is 1. The maximum atomic E-state index is 10.8. The van der Waals surface area contributed by atoms with Crippen LogP contribution >= 0.6 is 0 Å². The molecule has 0 rings (SSSR count). The van der Waals surface area contributed by atoms with E-state index in [9.17, 15) is 9.59 Å². The molecule has 3 N–H and O–H groups in total. The average molecular weight is 144 g/mol. The standard InChI is InChI=1S/C6H12N2O2/c1-3-8-5(10)6(2,7)4-9/h4H,3,7H2,1-2H3,(H,8,10)/t6-/m0/s1. The molecule has 0 aromatic carbocycles.